The lowest BCUT2D eigenvalue weighted by atomic mass is 9.94. The molecule has 4 rings (SSSR count). The molecule has 2 heterocycles. The van der Waals surface area contributed by atoms with Crippen molar-refractivity contribution < 1.29 is 4.74 Å². The number of halogens is 1. The third kappa shape index (κ3) is 4.94. The molecule has 0 spiro atoms. The monoisotopic (exact) mass is 424 g/mol. The maximum absolute atomic E-state index is 13.4. The summed E-state index contributed by atoms with van der Waals surface area (Å²) >= 11 is 6.25. The van der Waals surface area contributed by atoms with E-state index in [1.807, 2.05) is 47.0 Å². The molecule has 30 heavy (non-hydrogen) atoms. The molecule has 0 amide bonds. The van der Waals surface area contributed by atoms with E-state index in [4.69, 9.17) is 16.3 Å². The SMILES string of the molecule is CC1(C)C[C@@H](NCc2cc3ccc(Cl)cc3n(CCc3ccccc3)c2=O)CCO1. The van der Waals surface area contributed by atoms with Crippen molar-refractivity contribution >= 4 is 22.5 Å². The normalized spacial score (nSPS) is 18.6. The molecule has 0 bridgehead atoms. The molecule has 1 aromatic heterocycles. The molecule has 0 aliphatic carbocycles. The lowest BCUT2D eigenvalue weighted by Gasteiger charge is -2.36. The van der Waals surface area contributed by atoms with Crippen molar-refractivity contribution in [3.63, 3.8) is 0 Å². The van der Waals surface area contributed by atoms with Crippen molar-refractivity contribution in [1.29, 1.82) is 0 Å². The van der Waals surface area contributed by atoms with Crippen LogP contribution < -0.4 is 10.9 Å². The Balaban J connectivity index is 1.61. The van der Waals surface area contributed by atoms with E-state index in [9.17, 15) is 4.79 Å². The van der Waals surface area contributed by atoms with E-state index in [2.05, 4.69) is 31.3 Å². The Kier molecular flexibility index (Phi) is 6.28. The van der Waals surface area contributed by atoms with Crippen molar-refractivity contribution in [2.75, 3.05) is 6.61 Å². The number of pyridine rings is 1. The van der Waals surface area contributed by atoms with E-state index in [0.717, 1.165) is 42.3 Å². The number of aryl methyl sites for hydroxylation is 2. The Bertz CT molecular complexity index is 1080. The number of fused-ring (bicyclic) bond motifs is 1. The van der Waals surface area contributed by atoms with E-state index in [1.165, 1.54) is 5.56 Å². The zero-order valence-electron chi connectivity index (χ0n) is 17.7. The highest BCUT2D eigenvalue weighted by molar-refractivity contribution is 6.31. The number of hydrogen-bond acceptors (Lipinski definition) is 3. The van der Waals surface area contributed by atoms with Crippen molar-refractivity contribution in [2.45, 2.75) is 57.8 Å². The summed E-state index contributed by atoms with van der Waals surface area (Å²) in [5.41, 5.74) is 2.83. The van der Waals surface area contributed by atoms with Gasteiger partial charge in [-0.25, -0.2) is 0 Å². The molecule has 1 fully saturated rings. The van der Waals surface area contributed by atoms with Gasteiger partial charge in [0.2, 0.25) is 0 Å². The van der Waals surface area contributed by atoms with Crippen LogP contribution in [0.15, 0.2) is 59.4 Å². The van der Waals surface area contributed by atoms with Gasteiger partial charge in [0.25, 0.3) is 5.56 Å². The molecule has 0 radical (unpaired) electrons. The van der Waals surface area contributed by atoms with Gasteiger partial charge >= 0.3 is 0 Å². The quantitative estimate of drug-likeness (QED) is 0.609. The molecule has 4 nitrogen and oxygen atoms in total. The summed E-state index contributed by atoms with van der Waals surface area (Å²) in [7, 11) is 0. The predicted molar refractivity (Wildman–Crippen MR) is 123 cm³/mol. The molecule has 0 saturated carbocycles. The van der Waals surface area contributed by atoms with Crippen LogP contribution in [0.3, 0.4) is 0 Å². The molecule has 2 aromatic carbocycles. The summed E-state index contributed by atoms with van der Waals surface area (Å²) in [6.45, 7) is 6.18. The minimum absolute atomic E-state index is 0.0551. The summed E-state index contributed by atoms with van der Waals surface area (Å²) in [5, 5.41) is 5.27. The minimum atomic E-state index is -0.119. The van der Waals surface area contributed by atoms with Gasteiger partial charge in [0.1, 0.15) is 0 Å². The van der Waals surface area contributed by atoms with Crippen molar-refractivity contribution in [2.24, 2.45) is 0 Å². The summed E-state index contributed by atoms with van der Waals surface area (Å²) < 4.78 is 7.69. The standard InChI is InChI=1S/C25H29ClN2O2/c1-25(2)16-22(11-13-30-25)27-17-20-14-19-8-9-21(26)15-23(19)28(24(20)29)12-10-18-6-4-3-5-7-18/h3-9,14-15,22,27H,10-13,16-17H2,1-2H3/t22-/m0/s1. The highest BCUT2D eigenvalue weighted by Crippen LogP contribution is 2.24. The molecular weight excluding hydrogens is 396 g/mol. The number of nitrogens with one attached hydrogen (secondary N) is 1. The fourth-order valence-corrected chi connectivity index (χ4v) is 4.47. The average Bonchev–Trinajstić information content (AvgIpc) is 2.72. The third-order valence-corrected chi connectivity index (χ3v) is 6.11. The van der Waals surface area contributed by atoms with E-state index < -0.39 is 0 Å². The van der Waals surface area contributed by atoms with E-state index in [0.29, 0.717) is 24.2 Å². The number of hydrogen-bond donors (Lipinski definition) is 1. The second-order valence-corrected chi connectivity index (χ2v) is 9.18. The number of ether oxygens (including phenoxy) is 1. The van der Waals surface area contributed by atoms with Gasteiger partial charge < -0.3 is 14.6 Å². The van der Waals surface area contributed by atoms with Crippen molar-refractivity contribution in [1.82, 2.24) is 9.88 Å². The maximum atomic E-state index is 13.4. The topological polar surface area (TPSA) is 43.3 Å². The fraction of sp³-hybridized carbons (Fsp3) is 0.400. The van der Waals surface area contributed by atoms with Gasteiger partial charge in [-0.15, -0.1) is 0 Å². The molecule has 0 unspecified atom stereocenters. The molecular formula is C25H29ClN2O2. The van der Waals surface area contributed by atoms with Crippen LogP contribution in [-0.4, -0.2) is 22.8 Å². The number of rotatable bonds is 6. The van der Waals surface area contributed by atoms with Crippen LogP contribution in [0, 0.1) is 0 Å². The second kappa shape index (κ2) is 8.93. The van der Waals surface area contributed by atoms with Crippen LogP contribution >= 0.6 is 11.6 Å². The summed E-state index contributed by atoms with van der Waals surface area (Å²) in [6.07, 6.45) is 2.71. The van der Waals surface area contributed by atoms with Gasteiger partial charge in [0.05, 0.1) is 11.1 Å². The Morgan fingerprint density at radius 1 is 1.17 bits per heavy atom. The average molecular weight is 425 g/mol. The second-order valence-electron chi connectivity index (χ2n) is 8.74. The number of aromatic nitrogens is 1. The Morgan fingerprint density at radius 3 is 2.73 bits per heavy atom. The van der Waals surface area contributed by atoms with Gasteiger partial charge in [0, 0.05) is 36.3 Å². The first-order valence-electron chi connectivity index (χ1n) is 10.6. The molecule has 1 N–H and O–H groups in total. The van der Waals surface area contributed by atoms with E-state index >= 15 is 0 Å². The van der Waals surface area contributed by atoms with Crippen LogP contribution in [-0.2, 0) is 24.2 Å². The number of nitrogens with zero attached hydrogens (tertiary/aromatic N) is 1. The Labute approximate surface area is 182 Å². The van der Waals surface area contributed by atoms with Gasteiger partial charge in [-0.2, -0.15) is 0 Å². The van der Waals surface area contributed by atoms with Crippen molar-refractivity contribution in [3.05, 3.63) is 81.1 Å². The van der Waals surface area contributed by atoms with Gasteiger partial charge in [-0.05, 0) is 62.3 Å². The third-order valence-electron chi connectivity index (χ3n) is 5.88. The zero-order chi connectivity index (χ0) is 21.1. The van der Waals surface area contributed by atoms with Gasteiger partial charge in [0.15, 0.2) is 0 Å². The highest BCUT2D eigenvalue weighted by Gasteiger charge is 2.28. The van der Waals surface area contributed by atoms with E-state index in [-0.39, 0.29) is 11.2 Å². The smallest absolute Gasteiger partial charge is 0.255 e. The van der Waals surface area contributed by atoms with Crippen LogP contribution in [0.4, 0.5) is 0 Å². The van der Waals surface area contributed by atoms with Crippen LogP contribution in [0.1, 0.15) is 37.8 Å². The molecule has 1 aliphatic rings. The first kappa shape index (κ1) is 21.1. The number of benzene rings is 2. The zero-order valence-corrected chi connectivity index (χ0v) is 18.4. The molecule has 1 aliphatic heterocycles. The van der Waals surface area contributed by atoms with Gasteiger partial charge in [-0.1, -0.05) is 48.0 Å². The fourth-order valence-electron chi connectivity index (χ4n) is 4.30. The maximum Gasteiger partial charge on any atom is 0.255 e. The predicted octanol–water partition coefficient (Wildman–Crippen LogP) is 4.94. The molecule has 1 atom stereocenters. The Hall–Kier alpha value is -2.14. The minimum Gasteiger partial charge on any atom is -0.375 e. The molecule has 3 aromatic rings. The Morgan fingerprint density at radius 2 is 1.97 bits per heavy atom. The van der Waals surface area contributed by atoms with Crippen molar-refractivity contribution in [3.8, 4) is 0 Å². The largest absolute Gasteiger partial charge is 0.375 e. The lowest BCUT2D eigenvalue weighted by Crippen LogP contribution is -2.44. The molecule has 1 saturated heterocycles. The summed E-state index contributed by atoms with van der Waals surface area (Å²) in [5.74, 6) is 0. The molecule has 158 valence electrons. The lowest BCUT2D eigenvalue weighted by molar-refractivity contribution is -0.0630. The summed E-state index contributed by atoms with van der Waals surface area (Å²) in [6, 6.07) is 18.4. The van der Waals surface area contributed by atoms with E-state index in [1.54, 1.807) is 0 Å². The first-order chi connectivity index (χ1) is 14.4. The van der Waals surface area contributed by atoms with Crippen LogP contribution in [0.25, 0.3) is 10.9 Å². The molecule has 5 heteroatoms. The summed E-state index contributed by atoms with van der Waals surface area (Å²) in [4.78, 5) is 13.4. The van der Waals surface area contributed by atoms with Crippen LogP contribution in [0.5, 0.6) is 0 Å². The van der Waals surface area contributed by atoms with Crippen LogP contribution in [0.2, 0.25) is 5.02 Å². The van der Waals surface area contributed by atoms with Gasteiger partial charge in [-0.3, -0.25) is 4.79 Å². The first-order valence-corrected chi connectivity index (χ1v) is 11.0. The highest BCUT2D eigenvalue weighted by atomic mass is 35.5.